The van der Waals surface area contributed by atoms with Gasteiger partial charge in [-0.15, -0.1) is 0 Å². The molecule has 0 bridgehead atoms. The van der Waals surface area contributed by atoms with Gasteiger partial charge in [-0.2, -0.15) is 0 Å². The number of carbonyl (C=O) groups is 2. The first kappa shape index (κ1) is 22.2. The normalized spacial score (nSPS) is 10.4. The number of aromatic hydroxyl groups is 1. The van der Waals surface area contributed by atoms with Gasteiger partial charge in [-0.3, -0.25) is 4.79 Å². The number of methoxy groups -OCH3 is 1. The summed E-state index contributed by atoms with van der Waals surface area (Å²) in [6.07, 6.45) is 0.571. The number of phenolic OH excluding ortho intramolecular Hbond substituents is 1. The number of phenols is 1. The maximum atomic E-state index is 11.9. The van der Waals surface area contributed by atoms with Crippen LogP contribution in [0.5, 0.6) is 11.5 Å². The highest BCUT2D eigenvalue weighted by atomic mass is 16.5. The highest BCUT2D eigenvalue weighted by Gasteiger charge is 2.11. The number of hydrogen-bond donors (Lipinski definition) is 1. The lowest BCUT2D eigenvalue weighted by Crippen LogP contribution is -2.15. The Labute approximate surface area is 159 Å². The van der Waals surface area contributed by atoms with Crippen molar-refractivity contribution in [1.29, 1.82) is 0 Å². The van der Waals surface area contributed by atoms with Crippen molar-refractivity contribution in [2.45, 2.75) is 33.0 Å². The smallest absolute Gasteiger partial charge is 0.338 e. The highest BCUT2D eigenvalue weighted by molar-refractivity contribution is 5.90. The molecular formula is C21H26O6. The molecule has 0 aliphatic heterocycles. The van der Waals surface area contributed by atoms with Crippen LogP contribution in [0.25, 0.3) is 0 Å². The van der Waals surface area contributed by atoms with Gasteiger partial charge >= 0.3 is 5.97 Å². The monoisotopic (exact) mass is 374 g/mol. The van der Waals surface area contributed by atoms with Crippen LogP contribution in [0.4, 0.5) is 0 Å². The summed E-state index contributed by atoms with van der Waals surface area (Å²) in [4.78, 5) is 22.1. The Morgan fingerprint density at radius 3 is 2.26 bits per heavy atom. The van der Waals surface area contributed by atoms with Gasteiger partial charge in [0.25, 0.3) is 0 Å². The van der Waals surface area contributed by atoms with Crippen LogP contribution in [0.2, 0.25) is 0 Å². The number of ether oxygens (including phenoxy) is 3. The van der Waals surface area contributed by atoms with Crippen LogP contribution in [0.1, 0.15) is 36.7 Å². The van der Waals surface area contributed by atoms with E-state index < -0.39 is 5.97 Å². The lowest BCUT2D eigenvalue weighted by Gasteiger charge is -2.14. The van der Waals surface area contributed by atoms with Crippen LogP contribution in [0, 0.1) is 0 Å². The summed E-state index contributed by atoms with van der Waals surface area (Å²) < 4.78 is 15.1. The molecular weight excluding hydrogens is 348 g/mol. The first-order valence-corrected chi connectivity index (χ1v) is 8.42. The van der Waals surface area contributed by atoms with E-state index in [1.165, 1.54) is 18.2 Å². The van der Waals surface area contributed by atoms with Gasteiger partial charge < -0.3 is 19.3 Å². The minimum Gasteiger partial charge on any atom is -0.504 e. The number of aldehydes is 1. The average molecular weight is 374 g/mol. The SMILES string of the molecule is COC(C)(C)C.O=CCOc1ccc(C(=O)OCc2ccccc2)cc1O. The van der Waals surface area contributed by atoms with E-state index in [0.29, 0.717) is 6.29 Å². The number of benzene rings is 2. The molecule has 6 nitrogen and oxygen atoms in total. The molecule has 0 fully saturated rings. The second-order valence-electron chi connectivity index (χ2n) is 6.54. The van der Waals surface area contributed by atoms with Crippen molar-refractivity contribution in [2.75, 3.05) is 13.7 Å². The highest BCUT2D eigenvalue weighted by Crippen LogP contribution is 2.27. The van der Waals surface area contributed by atoms with Crippen LogP contribution >= 0.6 is 0 Å². The fourth-order valence-corrected chi connectivity index (χ4v) is 1.70. The van der Waals surface area contributed by atoms with Crippen molar-refractivity contribution in [3.05, 3.63) is 59.7 Å². The molecule has 0 heterocycles. The topological polar surface area (TPSA) is 82.1 Å². The van der Waals surface area contributed by atoms with E-state index in [4.69, 9.17) is 14.2 Å². The zero-order chi connectivity index (χ0) is 20.3. The maximum Gasteiger partial charge on any atom is 0.338 e. The van der Waals surface area contributed by atoms with Crippen molar-refractivity contribution in [2.24, 2.45) is 0 Å². The van der Waals surface area contributed by atoms with Crippen molar-refractivity contribution in [1.82, 2.24) is 0 Å². The first-order chi connectivity index (χ1) is 12.8. The number of hydrogen-bond acceptors (Lipinski definition) is 6. The number of esters is 1. The molecule has 27 heavy (non-hydrogen) atoms. The Morgan fingerprint density at radius 2 is 1.74 bits per heavy atom. The summed E-state index contributed by atoms with van der Waals surface area (Å²) in [5, 5.41) is 9.70. The van der Waals surface area contributed by atoms with E-state index >= 15 is 0 Å². The lowest BCUT2D eigenvalue weighted by molar-refractivity contribution is -0.109. The molecule has 2 aromatic rings. The van der Waals surface area contributed by atoms with Gasteiger partial charge in [-0.05, 0) is 44.5 Å². The summed E-state index contributed by atoms with van der Waals surface area (Å²) in [5.74, 6) is -0.621. The Kier molecular flexibility index (Phi) is 9.02. The molecule has 0 unspecified atom stereocenters. The molecule has 2 rings (SSSR count). The van der Waals surface area contributed by atoms with E-state index in [-0.39, 0.29) is 35.9 Å². The fourth-order valence-electron chi connectivity index (χ4n) is 1.70. The van der Waals surface area contributed by atoms with Gasteiger partial charge in [0.05, 0.1) is 11.2 Å². The largest absolute Gasteiger partial charge is 0.504 e. The summed E-state index contributed by atoms with van der Waals surface area (Å²) in [6.45, 7) is 6.06. The van der Waals surface area contributed by atoms with Gasteiger partial charge in [0.15, 0.2) is 17.8 Å². The Morgan fingerprint density at radius 1 is 1.11 bits per heavy atom. The molecule has 0 saturated carbocycles. The van der Waals surface area contributed by atoms with Gasteiger partial charge in [0.2, 0.25) is 0 Å². The van der Waals surface area contributed by atoms with Crippen molar-refractivity contribution in [3.63, 3.8) is 0 Å². The molecule has 0 spiro atoms. The van der Waals surface area contributed by atoms with Gasteiger partial charge in [0.1, 0.15) is 13.2 Å². The quantitative estimate of drug-likeness (QED) is 0.612. The molecule has 0 saturated heterocycles. The maximum absolute atomic E-state index is 11.9. The zero-order valence-corrected chi connectivity index (χ0v) is 16.1. The van der Waals surface area contributed by atoms with E-state index in [2.05, 4.69) is 0 Å². The van der Waals surface area contributed by atoms with Crippen LogP contribution in [-0.4, -0.2) is 36.7 Å². The average Bonchev–Trinajstić information content (AvgIpc) is 2.66. The Balaban J connectivity index is 0.000000527. The minimum atomic E-state index is -0.545. The van der Waals surface area contributed by atoms with Gasteiger partial charge in [0, 0.05) is 7.11 Å². The molecule has 0 radical (unpaired) electrons. The second-order valence-corrected chi connectivity index (χ2v) is 6.54. The van der Waals surface area contributed by atoms with Gasteiger partial charge in [-0.25, -0.2) is 4.79 Å². The summed E-state index contributed by atoms with van der Waals surface area (Å²) in [6, 6.07) is 13.4. The molecule has 0 amide bonds. The Bertz CT molecular complexity index is 719. The molecule has 0 aliphatic carbocycles. The van der Waals surface area contributed by atoms with Crippen molar-refractivity contribution >= 4 is 12.3 Å². The first-order valence-electron chi connectivity index (χ1n) is 8.42. The van der Waals surface area contributed by atoms with E-state index in [1.807, 2.05) is 51.1 Å². The summed E-state index contributed by atoms with van der Waals surface area (Å²) >= 11 is 0. The van der Waals surface area contributed by atoms with Crippen molar-refractivity contribution in [3.8, 4) is 11.5 Å². The Hall–Kier alpha value is -2.86. The van der Waals surface area contributed by atoms with Crippen LogP contribution in [0.3, 0.4) is 0 Å². The third-order valence-corrected chi connectivity index (χ3v) is 3.33. The van der Waals surface area contributed by atoms with Crippen LogP contribution < -0.4 is 4.74 Å². The summed E-state index contributed by atoms with van der Waals surface area (Å²) in [7, 11) is 1.71. The predicted molar refractivity (Wildman–Crippen MR) is 102 cm³/mol. The lowest BCUT2D eigenvalue weighted by atomic mass is 10.2. The molecule has 6 heteroatoms. The van der Waals surface area contributed by atoms with Crippen LogP contribution in [-0.2, 0) is 20.9 Å². The summed E-state index contributed by atoms with van der Waals surface area (Å²) in [5.41, 5.74) is 1.13. The predicted octanol–water partition coefficient (Wildman–Crippen LogP) is 3.76. The van der Waals surface area contributed by atoms with Crippen molar-refractivity contribution < 1.29 is 28.9 Å². The molecule has 2 aromatic carbocycles. The number of rotatable bonds is 6. The van der Waals surface area contributed by atoms with E-state index in [1.54, 1.807) is 7.11 Å². The second kappa shape index (κ2) is 11.0. The van der Waals surface area contributed by atoms with Gasteiger partial charge in [-0.1, -0.05) is 30.3 Å². The molecule has 0 atom stereocenters. The molecule has 146 valence electrons. The standard InChI is InChI=1S/C16H14O5.C5H12O/c17-8-9-20-15-7-6-13(10-14(15)18)16(19)21-11-12-4-2-1-3-5-12;1-5(2,3)6-4/h1-8,10,18H,9,11H2;1-4H3. The van der Waals surface area contributed by atoms with Crippen LogP contribution in [0.15, 0.2) is 48.5 Å². The molecule has 1 N–H and O–H groups in total. The zero-order valence-electron chi connectivity index (χ0n) is 16.1. The van der Waals surface area contributed by atoms with E-state index in [9.17, 15) is 14.7 Å². The molecule has 0 aliphatic rings. The molecule has 0 aromatic heterocycles. The minimum absolute atomic E-state index is 0.0417. The fraction of sp³-hybridized carbons (Fsp3) is 0.333. The van der Waals surface area contributed by atoms with E-state index in [0.717, 1.165) is 5.56 Å². The third kappa shape index (κ3) is 8.87. The number of carbonyl (C=O) groups excluding carboxylic acids is 2. The third-order valence-electron chi connectivity index (χ3n) is 3.33.